The quantitative estimate of drug-likeness (QED) is 0.0561. The Morgan fingerprint density at radius 3 is 1.94 bits per heavy atom. The van der Waals surface area contributed by atoms with Crippen molar-refractivity contribution >= 4 is 30.1 Å². The molecule has 2 aromatic rings. The summed E-state index contributed by atoms with van der Waals surface area (Å²) in [4.78, 5) is 35.6. The van der Waals surface area contributed by atoms with Crippen LogP contribution in [0.1, 0.15) is 148 Å². The maximum Gasteiger partial charge on any atom is 0.331 e. The van der Waals surface area contributed by atoms with E-state index in [1.165, 1.54) is 6.92 Å². The smallest absolute Gasteiger partial charge is 0.331 e. The highest BCUT2D eigenvalue weighted by molar-refractivity contribution is 5.96. The third kappa shape index (κ3) is 13.5. The number of aliphatic hydroxyl groups is 6. The van der Waals surface area contributed by atoms with Gasteiger partial charge in [-0.2, -0.15) is 0 Å². The highest BCUT2D eigenvalue weighted by Gasteiger charge is 2.71. The van der Waals surface area contributed by atoms with Gasteiger partial charge in [0.1, 0.15) is 24.6 Å². The third-order valence-electron chi connectivity index (χ3n) is 20.0. The number of cyclic esters (lactones) is 1. The number of fused-ring (bicyclic) bond motifs is 5. The number of carbonyl (C=O) groups excluding carboxylic acids is 3. The monoisotopic (exact) mass is 1170 g/mol. The molecule has 4 aliphatic carbocycles. The lowest BCUT2D eigenvalue weighted by molar-refractivity contribution is -0.336. The second-order valence-corrected chi connectivity index (χ2v) is 24.9. The molecule has 8 aliphatic rings. The van der Waals surface area contributed by atoms with Gasteiger partial charge >= 0.3 is 11.9 Å². The molecule has 458 valence electrons. The van der Waals surface area contributed by atoms with Gasteiger partial charge in [-0.3, -0.25) is 9.59 Å². The summed E-state index contributed by atoms with van der Waals surface area (Å²) >= 11 is 0. The van der Waals surface area contributed by atoms with Crippen molar-refractivity contribution in [1.29, 1.82) is 0 Å². The summed E-state index contributed by atoms with van der Waals surface area (Å²) < 4.78 is 52.7. The average molecular weight is 1170 g/mol. The molecular formula is C62H90ClNO18. The van der Waals surface area contributed by atoms with Crippen molar-refractivity contribution in [3.63, 3.8) is 0 Å². The van der Waals surface area contributed by atoms with Crippen LogP contribution in [0.2, 0.25) is 0 Å². The molecule has 10 rings (SSSR count). The zero-order chi connectivity index (χ0) is 58.1. The zero-order valence-corrected chi connectivity index (χ0v) is 49.5. The van der Waals surface area contributed by atoms with E-state index in [1.54, 1.807) is 45.2 Å². The highest BCUT2D eigenvalue weighted by atomic mass is 35.5. The normalized spacial score (nSPS) is 41.3. The number of carbonyl (C=O) groups is 3. The van der Waals surface area contributed by atoms with E-state index in [2.05, 4.69) is 12.2 Å². The van der Waals surface area contributed by atoms with E-state index in [0.717, 1.165) is 49.7 Å². The number of methoxy groups -OCH3 is 1. The molecule has 0 spiro atoms. The number of esters is 2. The van der Waals surface area contributed by atoms with Crippen LogP contribution >= 0.6 is 12.4 Å². The lowest BCUT2D eigenvalue weighted by atomic mass is 9.42. The van der Waals surface area contributed by atoms with Crippen molar-refractivity contribution in [2.24, 2.45) is 34.5 Å². The van der Waals surface area contributed by atoms with E-state index in [9.17, 15) is 45.0 Å². The van der Waals surface area contributed by atoms with Crippen LogP contribution in [-0.2, 0) is 47.5 Å². The Morgan fingerprint density at radius 1 is 0.756 bits per heavy atom. The summed E-state index contributed by atoms with van der Waals surface area (Å²) in [6.07, 6.45) is -1.86. The van der Waals surface area contributed by atoms with Crippen molar-refractivity contribution in [3.05, 3.63) is 77.4 Å². The number of hydrogen-bond donors (Lipinski definition) is 7. The van der Waals surface area contributed by atoms with E-state index < -0.39 is 103 Å². The number of ether oxygens (including phenoxy) is 9. The van der Waals surface area contributed by atoms with Gasteiger partial charge in [0.15, 0.2) is 30.8 Å². The first kappa shape index (κ1) is 64.4. The van der Waals surface area contributed by atoms with Crippen molar-refractivity contribution in [1.82, 2.24) is 5.32 Å². The standard InChI is InChI=1S/C43H66O15.C19H23NO3.ClH/c1-20-38(55-23(4)44)30(45)17-36(53-20)57-40-22(3)54-37(18-32(40)47)58-39-21(2)52-35(16-31(39)46)56-26-9-11-41(5)25(14-26)7-8-28-29(41)15-33(48)42(6)27(10-12-43(28,42)50)24-13-34(49)51-19-24;1-14(19(22)15-7-4-3-5-8-15)20-12-11-18(21)16-9-6-10-17(13-16)23-2;/h13,20-22,25-33,35-40,45-48,50H,7-12,14-19H2,1-6H3;3-10,13-14,19-20,22H,11-12H2,1-2H3;1H/t;14-,19-;/m.0./s1. The molecule has 0 amide bonds. The molecule has 7 fully saturated rings. The first-order chi connectivity index (χ1) is 38.5. The van der Waals surface area contributed by atoms with Crippen LogP contribution in [0.4, 0.5) is 0 Å². The molecule has 4 saturated carbocycles. The van der Waals surface area contributed by atoms with E-state index in [4.69, 9.17) is 42.6 Å². The van der Waals surface area contributed by atoms with Crippen LogP contribution in [-0.4, -0.2) is 166 Å². The van der Waals surface area contributed by atoms with Gasteiger partial charge in [0.25, 0.3) is 0 Å². The zero-order valence-electron chi connectivity index (χ0n) is 48.7. The summed E-state index contributed by atoms with van der Waals surface area (Å²) in [5.74, 6) is 0.392. The number of halogens is 1. The molecule has 4 heterocycles. The van der Waals surface area contributed by atoms with Crippen LogP contribution in [0, 0.1) is 34.5 Å². The SMILES string of the molecule is CC(=O)OC1C(O)CC(OC2C(O)CC(OC3C(O)CC(OC4CCC5(C)C(CCC6C5CC(O)C5(C)C(C7=CC(=O)OC7)CCC65O)C4)OC3C)OC2C)OC1C.COc1cccc(C(=O)CCN[C@@H](C)[C@H](O)c2ccccc2)c1.Cl. The molecule has 2 aromatic carbocycles. The number of hydrogen-bond acceptors (Lipinski definition) is 19. The van der Waals surface area contributed by atoms with E-state index >= 15 is 0 Å². The fraction of sp³-hybridized carbons (Fsp3) is 0.726. The van der Waals surface area contributed by atoms with Gasteiger partial charge in [-0.1, -0.05) is 56.3 Å². The number of rotatable bonds is 16. The molecule has 4 aliphatic heterocycles. The Balaban J connectivity index is 0.000000308. The minimum absolute atomic E-state index is 0. The van der Waals surface area contributed by atoms with Crippen molar-refractivity contribution in [2.45, 2.75) is 229 Å². The summed E-state index contributed by atoms with van der Waals surface area (Å²) in [7, 11) is 1.58. The van der Waals surface area contributed by atoms with E-state index in [0.29, 0.717) is 43.0 Å². The number of ketones is 1. The van der Waals surface area contributed by atoms with Gasteiger partial charge in [0.05, 0.1) is 67.6 Å². The van der Waals surface area contributed by atoms with Crippen LogP contribution in [0.5, 0.6) is 5.75 Å². The molecular weight excluding hydrogens is 1080 g/mol. The van der Waals surface area contributed by atoms with Crippen molar-refractivity contribution in [2.75, 3.05) is 20.3 Å². The molecule has 20 heteroatoms. The summed E-state index contributed by atoms with van der Waals surface area (Å²) in [5, 5.41) is 71.0. The van der Waals surface area contributed by atoms with E-state index in [-0.39, 0.29) is 85.3 Å². The molecule has 7 N–H and O–H groups in total. The minimum Gasteiger partial charge on any atom is -0.497 e. The second-order valence-electron chi connectivity index (χ2n) is 24.9. The number of nitrogens with one attached hydrogen (secondary N) is 1. The van der Waals surface area contributed by atoms with Crippen LogP contribution in [0.3, 0.4) is 0 Å². The average Bonchev–Trinajstić information content (AvgIpc) is 1.99. The van der Waals surface area contributed by atoms with Gasteiger partial charge in [0.2, 0.25) is 0 Å². The number of aliphatic hydroxyl groups excluding tert-OH is 5. The van der Waals surface area contributed by atoms with E-state index in [1.807, 2.05) is 57.2 Å². The largest absolute Gasteiger partial charge is 0.497 e. The van der Waals surface area contributed by atoms with Gasteiger partial charge in [-0.05, 0) is 131 Å². The first-order valence-electron chi connectivity index (χ1n) is 29.6. The Hall–Kier alpha value is -3.64. The maximum absolute atomic E-state index is 12.6. The lowest BCUT2D eigenvalue weighted by Gasteiger charge is -2.65. The van der Waals surface area contributed by atoms with Crippen LogP contribution in [0.25, 0.3) is 0 Å². The molecule has 0 bridgehead atoms. The van der Waals surface area contributed by atoms with Gasteiger partial charge in [0, 0.05) is 62.2 Å². The maximum atomic E-state index is 12.6. The minimum atomic E-state index is -1.02. The molecule has 23 atom stereocenters. The van der Waals surface area contributed by atoms with Gasteiger partial charge in [-0.25, -0.2) is 4.79 Å². The predicted octanol–water partition coefficient (Wildman–Crippen LogP) is 6.19. The molecule has 21 unspecified atom stereocenters. The third-order valence-corrected chi connectivity index (χ3v) is 20.0. The summed E-state index contributed by atoms with van der Waals surface area (Å²) in [6.45, 7) is 13.6. The Morgan fingerprint density at radius 2 is 1.37 bits per heavy atom. The molecule has 19 nitrogen and oxygen atoms in total. The lowest BCUT2D eigenvalue weighted by Crippen LogP contribution is -2.67. The van der Waals surface area contributed by atoms with Crippen LogP contribution < -0.4 is 10.1 Å². The second kappa shape index (κ2) is 27.0. The molecule has 82 heavy (non-hydrogen) atoms. The molecule has 3 saturated heterocycles. The summed E-state index contributed by atoms with van der Waals surface area (Å²) in [5.41, 5.74) is 0.593. The predicted molar refractivity (Wildman–Crippen MR) is 300 cm³/mol. The Kier molecular flexibility index (Phi) is 21.2. The van der Waals surface area contributed by atoms with Crippen molar-refractivity contribution in [3.8, 4) is 5.75 Å². The topological polar surface area (TPSA) is 268 Å². The van der Waals surface area contributed by atoms with Gasteiger partial charge in [-0.15, -0.1) is 12.4 Å². The summed E-state index contributed by atoms with van der Waals surface area (Å²) in [6, 6.07) is 16.5. The number of benzene rings is 2. The fourth-order valence-corrected chi connectivity index (χ4v) is 15.5. The Labute approximate surface area is 488 Å². The highest BCUT2D eigenvalue weighted by Crippen LogP contribution is 2.70. The van der Waals surface area contributed by atoms with Crippen molar-refractivity contribution < 1.29 is 87.7 Å². The fourth-order valence-electron chi connectivity index (χ4n) is 15.5. The van der Waals surface area contributed by atoms with Gasteiger partial charge < -0.3 is 78.6 Å². The first-order valence-corrected chi connectivity index (χ1v) is 29.6. The van der Waals surface area contributed by atoms with Crippen LogP contribution in [0.15, 0.2) is 66.2 Å². The number of Topliss-reactive ketones (excluding diaryl/α,β-unsaturated/α-hetero) is 1. The molecule has 0 aromatic heterocycles. The Bertz CT molecular complexity index is 2470. The molecule has 0 radical (unpaired) electrons.